The van der Waals surface area contributed by atoms with Gasteiger partial charge in [0.1, 0.15) is 5.52 Å². The second kappa shape index (κ2) is 13.2. The average Bonchev–Trinajstić information content (AvgIpc) is 3.66. The Labute approximate surface area is 296 Å². The number of rotatable bonds is 7. The Bertz CT molecular complexity index is 2320. The van der Waals surface area contributed by atoms with E-state index >= 15 is 0 Å². The van der Waals surface area contributed by atoms with E-state index < -0.39 is 0 Å². The van der Waals surface area contributed by atoms with Crippen molar-refractivity contribution in [1.29, 1.82) is 0 Å². The molecule has 0 radical (unpaired) electrons. The summed E-state index contributed by atoms with van der Waals surface area (Å²) in [6, 6.07) is 64.6. The summed E-state index contributed by atoms with van der Waals surface area (Å²) in [5, 5.41) is 0. The first-order valence-corrected chi connectivity index (χ1v) is 17.0. The lowest BCUT2D eigenvalue weighted by atomic mass is 9.93. The Morgan fingerprint density at radius 1 is 0.275 bits per heavy atom. The van der Waals surface area contributed by atoms with Crippen molar-refractivity contribution in [3.8, 4) is 78.7 Å². The van der Waals surface area contributed by atoms with Crippen LogP contribution in [0.3, 0.4) is 0 Å². The zero-order chi connectivity index (χ0) is 34.0. The number of aromatic nitrogens is 3. The van der Waals surface area contributed by atoms with Crippen molar-refractivity contribution in [3.63, 3.8) is 0 Å². The zero-order valence-electron chi connectivity index (χ0n) is 27.6. The highest BCUT2D eigenvalue weighted by Crippen LogP contribution is 2.38. The number of oxazole rings is 1. The minimum atomic E-state index is 0.570. The van der Waals surface area contributed by atoms with Gasteiger partial charge < -0.3 is 4.42 Å². The van der Waals surface area contributed by atoms with Crippen LogP contribution in [-0.4, -0.2) is 15.0 Å². The van der Waals surface area contributed by atoms with Gasteiger partial charge in [-0.2, -0.15) is 0 Å². The van der Waals surface area contributed by atoms with Crippen molar-refractivity contribution < 1.29 is 4.42 Å². The summed E-state index contributed by atoms with van der Waals surface area (Å²) in [4.78, 5) is 15.2. The number of fused-ring (bicyclic) bond motifs is 1. The fourth-order valence-electron chi connectivity index (χ4n) is 6.50. The number of hydrogen-bond acceptors (Lipinski definition) is 4. The largest absolute Gasteiger partial charge is 0.436 e. The Morgan fingerprint density at radius 3 is 1.00 bits per heavy atom. The molecule has 0 aliphatic heterocycles. The molecule has 240 valence electrons. The van der Waals surface area contributed by atoms with Gasteiger partial charge >= 0.3 is 0 Å². The molecule has 9 rings (SSSR count). The summed E-state index contributed by atoms with van der Waals surface area (Å²) in [5.74, 6) is 0.570. The molecule has 9 aromatic rings. The van der Waals surface area contributed by atoms with E-state index in [4.69, 9.17) is 19.4 Å². The predicted octanol–water partition coefficient (Wildman–Crippen LogP) is 12.3. The van der Waals surface area contributed by atoms with Crippen LogP contribution in [0, 0.1) is 0 Å². The maximum absolute atomic E-state index is 6.37. The van der Waals surface area contributed by atoms with Gasteiger partial charge in [-0.05, 0) is 76.9 Å². The first kappa shape index (κ1) is 30.2. The Hall–Kier alpha value is -6.91. The SMILES string of the molecule is c1ccc(-c2cc(-c3cc(-c4cc(-c5ccccc5)nc(-c5ccccc5)c4)cc(-c4nc5ccccc5o4)c3)cc(-c3ccccc3)n2)cc1. The summed E-state index contributed by atoms with van der Waals surface area (Å²) in [7, 11) is 0. The number of para-hydroxylation sites is 2. The Kier molecular flexibility index (Phi) is 7.80. The van der Waals surface area contributed by atoms with E-state index in [9.17, 15) is 0 Å². The normalized spacial score (nSPS) is 11.1. The lowest BCUT2D eigenvalue weighted by Crippen LogP contribution is -1.94. The van der Waals surface area contributed by atoms with Gasteiger partial charge in [-0.15, -0.1) is 0 Å². The van der Waals surface area contributed by atoms with Gasteiger partial charge in [0.05, 0.1) is 22.8 Å². The van der Waals surface area contributed by atoms with E-state index in [0.717, 1.165) is 83.9 Å². The monoisotopic (exact) mass is 653 g/mol. The van der Waals surface area contributed by atoms with E-state index in [1.807, 2.05) is 48.5 Å². The third kappa shape index (κ3) is 6.23. The molecule has 0 atom stereocenters. The van der Waals surface area contributed by atoms with Gasteiger partial charge in [-0.1, -0.05) is 133 Å². The maximum atomic E-state index is 6.37. The van der Waals surface area contributed by atoms with Crippen LogP contribution in [0.15, 0.2) is 192 Å². The molecule has 0 N–H and O–H groups in total. The minimum Gasteiger partial charge on any atom is -0.436 e. The number of nitrogens with zero attached hydrogens (tertiary/aromatic N) is 3. The maximum Gasteiger partial charge on any atom is 0.227 e. The van der Waals surface area contributed by atoms with E-state index in [0.29, 0.717) is 5.89 Å². The summed E-state index contributed by atoms with van der Waals surface area (Å²) < 4.78 is 6.37. The quantitative estimate of drug-likeness (QED) is 0.172. The third-order valence-corrected chi connectivity index (χ3v) is 9.07. The van der Waals surface area contributed by atoms with Gasteiger partial charge in [0.25, 0.3) is 0 Å². The molecule has 51 heavy (non-hydrogen) atoms. The third-order valence-electron chi connectivity index (χ3n) is 9.07. The molecule has 3 heterocycles. The standard InChI is InChI=1S/C47H31N3O/c1-5-15-32(16-6-1)42-28-38(29-43(48-42)33-17-7-2-8-18-33)36-25-37(27-40(26-36)47-50-41-23-13-14-24-46(41)51-47)39-30-44(34-19-9-3-10-20-34)49-45(31-39)35-21-11-4-12-22-35/h1-31H. The molecule has 0 bridgehead atoms. The molecule has 0 aliphatic rings. The van der Waals surface area contributed by atoms with E-state index in [-0.39, 0.29) is 0 Å². The van der Waals surface area contributed by atoms with Crippen LogP contribution in [-0.2, 0) is 0 Å². The van der Waals surface area contributed by atoms with Crippen molar-refractivity contribution in [2.75, 3.05) is 0 Å². The van der Waals surface area contributed by atoms with Crippen LogP contribution in [0.2, 0.25) is 0 Å². The summed E-state index contributed by atoms with van der Waals surface area (Å²) in [6.07, 6.45) is 0. The number of hydrogen-bond donors (Lipinski definition) is 0. The Balaban J connectivity index is 1.29. The van der Waals surface area contributed by atoms with Gasteiger partial charge in [0, 0.05) is 27.8 Å². The molecule has 0 saturated heterocycles. The van der Waals surface area contributed by atoms with Gasteiger partial charge in [0.15, 0.2) is 5.58 Å². The molecule has 0 aliphatic carbocycles. The highest BCUT2D eigenvalue weighted by Gasteiger charge is 2.16. The van der Waals surface area contributed by atoms with Crippen LogP contribution in [0.25, 0.3) is 89.8 Å². The summed E-state index contributed by atoms with van der Waals surface area (Å²) in [5.41, 5.74) is 14.5. The van der Waals surface area contributed by atoms with Gasteiger partial charge in [-0.3, -0.25) is 0 Å². The predicted molar refractivity (Wildman–Crippen MR) is 208 cm³/mol. The van der Waals surface area contributed by atoms with Gasteiger partial charge in [0.2, 0.25) is 5.89 Å². The van der Waals surface area contributed by atoms with Crippen molar-refractivity contribution >= 4 is 11.1 Å². The molecule has 4 nitrogen and oxygen atoms in total. The van der Waals surface area contributed by atoms with Crippen LogP contribution >= 0.6 is 0 Å². The first-order valence-electron chi connectivity index (χ1n) is 17.0. The second-order valence-corrected chi connectivity index (χ2v) is 12.5. The van der Waals surface area contributed by atoms with E-state index in [1.165, 1.54) is 0 Å². The van der Waals surface area contributed by atoms with E-state index in [1.54, 1.807) is 0 Å². The molecule has 0 fully saturated rings. The fraction of sp³-hybridized carbons (Fsp3) is 0. The first-order chi connectivity index (χ1) is 25.2. The second-order valence-electron chi connectivity index (χ2n) is 12.5. The average molecular weight is 654 g/mol. The molecule has 0 unspecified atom stereocenters. The van der Waals surface area contributed by atoms with Crippen molar-refractivity contribution in [2.24, 2.45) is 0 Å². The van der Waals surface area contributed by atoms with Crippen LogP contribution in [0.5, 0.6) is 0 Å². The molecule has 4 heteroatoms. The van der Waals surface area contributed by atoms with Crippen molar-refractivity contribution in [3.05, 3.63) is 188 Å². The summed E-state index contributed by atoms with van der Waals surface area (Å²) >= 11 is 0. The smallest absolute Gasteiger partial charge is 0.227 e. The summed E-state index contributed by atoms with van der Waals surface area (Å²) in [6.45, 7) is 0. The molecular weight excluding hydrogens is 623 g/mol. The van der Waals surface area contributed by atoms with Crippen LogP contribution in [0.1, 0.15) is 0 Å². The lowest BCUT2D eigenvalue weighted by molar-refractivity contribution is 0.620. The highest BCUT2D eigenvalue weighted by atomic mass is 16.3. The lowest BCUT2D eigenvalue weighted by Gasteiger charge is -2.14. The van der Waals surface area contributed by atoms with E-state index in [2.05, 4.69) is 140 Å². The van der Waals surface area contributed by atoms with Crippen molar-refractivity contribution in [1.82, 2.24) is 15.0 Å². The number of benzene rings is 6. The molecular formula is C47H31N3O. The minimum absolute atomic E-state index is 0.570. The molecule has 0 saturated carbocycles. The van der Waals surface area contributed by atoms with Crippen LogP contribution in [0.4, 0.5) is 0 Å². The molecule has 3 aromatic heterocycles. The zero-order valence-corrected chi connectivity index (χ0v) is 27.6. The molecule has 6 aromatic carbocycles. The Morgan fingerprint density at radius 2 is 0.608 bits per heavy atom. The fourth-order valence-corrected chi connectivity index (χ4v) is 6.50. The highest BCUT2D eigenvalue weighted by molar-refractivity contribution is 5.86. The molecule has 0 spiro atoms. The topological polar surface area (TPSA) is 51.8 Å². The van der Waals surface area contributed by atoms with Gasteiger partial charge in [-0.25, -0.2) is 15.0 Å². The van der Waals surface area contributed by atoms with Crippen LogP contribution < -0.4 is 0 Å². The molecule has 0 amide bonds. The number of pyridine rings is 2. The van der Waals surface area contributed by atoms with Crippen molar-refractivity contribution in [2.45, 2.75) is 0 Å².